The lowest BCUT2D eigenvalue weighted by molar-refractivity contribution is -0.142. The Balaban J connectivity index is 1.69. The lowest BCUT2D eigenvalue weighted by Gasteiger charge is -2.30. The van der Waals surface area contributed by atoms with Crippen molar-refractivity contribution in [3.8, 4) is 10.6 Å². The fraction of sp³-hybridized carbons (Fsp3) is 0.115. The maximum Gasteiger partial charge on any atom is 0.326 e. The highest BCUT2D eigenvalue weighted by atomic mass is 35.5. The number of carbonyl (C=O) groups excluding carboxylic acids is 1. The standard InChI is InChI=1S/C26H20Cl2N2O3S/c27-20-10-11-21(22(28)15-20)25(31)30(23(26(32)33)14-17-4-2-1-3-5-17)16-18-6-8-19(9-7-18)24-29-12-13-34-24/h1-13,15,23H,14,16H2,(H,32,33)/t23-/m0/s1. The number of rotatable bonds is 8. The maximum absolute atomic E-state index is 13.6. The number of benzene rings is 3. The number of nitrogens with zero attached hydrogens (tertiary/aromatic N) is 2. The van der Waals surface area contributed by atoms with E-state index in [1.165, 1.54) is 28.4 Å². The Bertz CT molecular complexity index is 1280. The molecule has 0 radical (unpaired) electrons. The lowest BCUT2D eigenvalue weighted by Crippen LogP contribution is -2.46. The molecule has 5 nitrogen and oxygen atoms in total. The van der Waals surface area contributed by atoms with E-state index in [0.717, 1.165) is 21.7 Å². The predicted octanol–water partition coefficient (Wildman–Crippen LogP) is 6.46. The fourth-order valence-electron chi connectivity index (χ4n) is 3.62. The zero-order chi connectivity index (χ0) is 24.1. The van der Waals surface area contributed by atoms with Gasteiger partial charge in [-0.1, -0.05) is 77.8 Å². The summed E-state index contributed by atoms with van der Waals surface area (Å²) in [6, 6.07) is 20.3. The maximum atomic E-state index is 13.6. The van der Waals surface area contributed by atoms with Gasteiger partial charge in [0, 0.05) is 35.1 Å². The number of aromatic nitrogens is 1. The quantitative estimate of drug-likeness (QED) is 0.295. The van der Waals surface area contributed by atoms with Gasteiger partial charge in [0.25, 0.3) is 5.91 Å². The van der Waals surface area contributed by atoms with Crippen molar-refractivity contribution < 1.29 is 14.7 Å². The third kappa shape index (κ3) is 5.65. The van der Waals surface area contributed by atoms with E-state index >= 15 is 0 Å². The fourth-order valence-corrected chi connectivity index (χ4v) is 4.76. The highest BCUT2D eigenvalue weighted by Gasteiger charge is 2.31. The van der Waals surface area contributed by atoms with Crippen LogP contribution in [0.5, 0.6) is 0 Å². The summed E-state index contributed by atoms with van der Waals surface area (Å²) in [5.74, 6) is -1.57. The van der Waals surface area contributed by atoms with Crippen LogP contribution in [0.2, 0.25) is 10.0 Å². The molecule has 4 aromatic rings. The molecule has 0 aliphatic carbocycles. The molecule has 1 N–H and O–H groups in total. The van der Waals surface area contributed by atoms with Gasteiger partial charge in [-0.25, -0.2) is 9.78 Å². The number of carboxylic acid groups (broad SMARTS) is 1. The summed E-state index contributed by atoms with van der Waals surface area (Å²) >= 11 is 13.8. The van der Waals surface area contributed by atoms with E-state index in [9.17, 15) is 14.7 Å². The Hall–Kier alpha value is -3.19. The average molecular weight is 511 g/mol. The first-order valence-corrected chi connectivity index (χ1v) is 12.1. The minimum Gasteiger partial charge on any atom is -0.480 e. The Morgan fingerprint density at radius 2 is 1.71 bits per heavy atom. The highest BCUT2D eigenvalue weighted by Crippen LogP contribution is 2.26. The van der Waals surface area contributed by atoms with Gasteiger partial charge >= 0.3 is 5.97 Å². The van der Waals surface area contributed by atoms with Crippen LogP contribution in [0.3, 0.4) is 0 Å². The minimum absolute atomic E-state index is 0.0970. The number of aliphatic carboxylic acids is 1. The van der Waals surface area contributed by atoms with Crippen LogP contribution in [0, 0.1) is 0 Å². The van der Waals surface area contributed by atoms with Gasteiger partial charge in [0.1, 0.15) is 11.0 Å². The molecule has 3 aromatic carbocycles. The van der Waals surface area contributed by atoms with Crippen LogP contribution in [0.15, 0.2) is 84.4 Å². The molecule has 1 atom stereocenters. The summed E-state index contributed by atoms with van der Waals surface area (Å²) in [5.41, 5.74) is 2.76. The van der Waals surface area contributed by atoms with E-state index < -0.39 is 17.9 Å². The smallest absolute Gasteiger partial charge is 0.326 e. The predicted molar refractivity (Wildman–Crippen MR) is 135 cm³/mol. The molecular formula is C26H20Cl2N2O3S. The summed E-state index contributed by atoms with van der Waals surface area (Å²) in [5, 5.41) is 13.5. The first kappa shape index (κ1) is 24.0. The van der Waals surface area contributed by atoms with Crippen LogP contribution in [0.25, 0.3) is 10.6 Å². The molecule has 1 aromatic heterocycles. The molecule has 1 amide bonds. The molecule has 0 unspecified atom stereocenters. The van der Waals surface area contributed by atoms with E-state index in [-0.39, 0.29) is 23.6 Å². The molecule has 1 heterocycles. The average Bonchev–Trinajstić information content (AvgIpc) is 3.37. The van der Waals surface area contributed by atoms with Crippen molar-refractivity contribution in [1.82, 2.24) is 9.88 Å². The van der Waals surface area contributed by atoms with Crippen molar-refractivity contribution in [1.29, 1.82) is 0 Å². The van der Waals surface area contributed by atoms with Gasteiger partial charge in [0.05, 0.1) is 10.6 Å². The molecule has 0 bridgehead atoms. The Kier molecular flexibility index (Phi) is 7.63. The summed E-state index contributed by atoms with van der Waals surface area (Å²) in [6.07, 6.45) is 1.90. The van der Waals surface area contributed by atoms with Crippen LogP contribution in [-0.2, 0) is 17.8 Å². The zero-order valence-corrected chi connectivity index (χ0v) is 20.2. The van der Waals surface area contributed by atoms with E-state index in [4.69, 9.17) is 23.2 Å². The molecule has 0 spiro atoms. The third-order valence-electron chi connectivity index (χ3n) is 5.34. The highest BCUT2D eigenvalue weighted by molar-refractivity contribution is 7.13. The Morgan fingerprint density at radius 3 is 2.32 bits per heavy atom. The molecule has 4 rings (SSSR count). The molecule has 0 saturated heterocycles. The number of amides is 1. The molecule has 0 fully saturated rings. The number of carbonyl (C=O) groups is 2. The lowest BCUT2D eigenvalue weighted by atomic mass is 10.0. The van der Waals surface area contributed by atoms with Crippen molar-refractivity contribution >= 4 is 46.4 Å². The van der Waals surface area contributed by atoms with Crippen molar-refractivity contribution in [2.24, 2.45) is 0 Å². The van der Waals surface area contributed by atoms with Crippen molar-refractivity contribution in [2.75, 3.05) is 0 Å². The molecule has 0 saturated carbocycles. The van der Waals surface area contributed by atoms with Gasteiger partial charge in [-0.2, -0.15) is 0 Å². The van der Waals surface area contributed by atoms with Gasteiger partial charge in [-0.15, -0.1) is 11.3 Å². The van der Waals surface area contributed by atoms with Crippen molar-refractivity contribution in [2.45, 2.75) is 19.0 Å². The molecule has 0 aliphatic heterocycles. The van der Waals surface area contributed by atoms with Gasteiger partial charge in [-0.3, -0.25) is 4.79 Å². The van der Waals surface area contributed by atoms with Crippen molar-refractivity contribution in [3.63, 3.8) is 0 Å². The summed E-state index contributed by atoms with van der Waals surface area (Å²) in [4.78, 5) is 31.6. The SMILES string of the molecule is O=C(O)[C@H](Cc1ccccc1)N(Cc1ccc(-c2nccs2)cc1)C(=O)c1ccc(Cl)cc1Cl. The minimum atomic E-state index is -1.10. The number of carboxylic acids is 1. The van der Waals surface area contributed by atoms with Crippen LogP contribution in [0.4, 0.5) is 0 Å². The Labute approximate surface area is 211 Å². The zero-order valence-electron chi connectivity index (χ0n) is 17.9. The van der Waals surface area contributed by atoms with E-state index in [1.54, 1.807) is 12.3 Å². The van der Waals surface area contributed by atoms with Crippen molar-refractivity contribution in [3.05, 3.63) is 111 Å². The van der Waals surface area contributed by atoms with E-state index in [0.29, 0.717) is 5.02 Å². The monoisotopic (exact) mass is 510 g/mol. The normalized spacial score (nSPS) is 11.7. The largest absolute Gasteiger partial charge is 0.480 e. The summed E-state index contributed by atoms with van der Waals surface area (Å²) < 4.78 is 0. The second-order valence-electron chi connectivity index (χ2n) is 7.64. The van der Waals surface area contributed by atoms with Crippen LogP contribution >= 0.6 is 34.5 Å². The number of hydrogen-bond acceptors (Lipinski definition) is 4. The first-order chi connectivity index (χ1) is 16.4. The molecule has 34 heavy (non-hydrogen) atoms. The van der Waals surface area contributed by atoms with Crippen LogP contribution in [-0.4, -0.2) is 32.9 Å². The molecule has 0 aliphatic rings. The van der Waals surface area contributed by atoms with Crippen LogP contribution in [0.1, 0.15) is 21.5 Å². The van der Waals surface area contributed by atoms with E-state index in [2.05, 4.69) is 4.98 Å². The second kappa shape index (κ2) is 10.8. The number of hydrogen-bond donors (Lipinski definition) is 1. The number of thiazole rings is 1. The third-order valence-corrected chi connectivity index (χ3v) is 6.71. The van der Waals surface area contributed by atoms with Gasteiger partial charge in [-0.05, 0) is 29.3 Å². The molecule has 172 valence electrons. The number of halogens is 2. The van der Waals surface area contributed by atoms with Gasteiger partial charge in [0.2, 0.25) is 0 Å². The first-order valence-electron chi connectivity index (χ1n) is 10.4. The molecule has 8 heteroatoms. The summed E-state index contributed by atoms with van der Waals surface area (Å²) in [7, 11) is 0. The van der Waals surface area contributed by atoms with Crippen LogP contribution < -0.4 is 0 Å². The van der Waals surface area contributed by atoms with Gasteiger partial charge < -0.3 is 10.0 Å². The van der Waals surface area contributed by atoms with Gasteiger partial charge in [0.15, 0.2) is 0 Å². The van der Waals surface area contributed by atoms with E-state index in [1.807, 2.05) is 60.0 Å². The summed E-state index contributed by atoms with van der Waals surface area (Å²) in [6.45, 7) is 0.0970. The Morgan fingerprint density at radius 1 is 0.971 bits per heavy atom. The second-order valence-corrected chi connectivity index (χ2v) is 9.37. The molecular weight excluding hydrogens is 491 g/mol. The topological polar surface area (TPSA) is 70.5 Å².